The minimum atomic E-state index is -0.420. The first-order valence-electron chi connectivity index (χ1n) is 8.57. The summed E-state index contributed by atoms with van der Waals surface area (Å²) in [5, 5.41) is 2.73. The molecule has 0 atom stereocenters. The number of ether oxygens (including phenoxy) is 1. The molecule has 1 aromatic heterocycles. The normalized spacial score (nSPS) is 12.8. The molecule has 5 nitrogen and oxygen atoms in total. The quantitative estimate of drug-likeness (QED) is 0.735. The first-order chi connectivity index (χ1) is 12.8. The summed E-state index contributed by atoms with van der Waals surface area (Å²) in [6.07, 6.45) is 6.64. The van der Waals surface area contributed by atoms with Gasteiger partial charge in [-0.25, -0.2) is 9.78 Å². The van der Waals surface area contributed by atoms with Crippen molar-refractivity contribution in [1.82, 2.24) is 15.3 Å². The van der Waals surface area contributed by atoms with Crippen molar-refractivity contribution >= 4 is 12.2 Å². The molecule has 4 rings (SSSR count). The van der Waals surface area contributed by atoms with Gasteiger partial charge in [0.25, 0.3) is 0 Å². The highest BCUT2D eigenvalue weighted by Gasteiger charge is 2.28. The standard InChI is InChI=1S/C21H19N3O2/c25-21(24-11-5-10-20-22-12-13-23-20)26-14-19-17-8-3-1-6-15(17)16-7-2-4-9-18(16)19/h1-10,12-13,19H,11,14H2,(H,22,23)(H,24,25). The summed E-state index contributed by atoms with van der Waals surface area (Å²) in [4.78, 5) is 19.0. The van der Waals surface area contributed by atoms with E-state index in [4.69, 9.17) is 4.74 Å². The van der Waals surface area contributed by atoms with Crippen molar-refractivity contribution in [3.8, 4) is 11.1 Å². The molecule has 0 saturated carbocycles. The van der Waals surface area contributed by atoms with E-state index in [0.29, 0.717) is 13.2 Å². The summed E-state index contributed by atoms with van der Waals surface area (Å²) >= 11 is 0. The Labute approximate surface area is 151 Å². The van der Waals surface area contributed by atoms with Crippen LogP contribution in [0.15, 0.2) is 67.0 Å². The summed E-state index contributed by atoms with van der Waals surface area (Å²) in [6, 6.07) is 16.6. The number of carbonyl (C=O) groups excluding carboxylic acids is 1. The van der Waals surface area contributed by atoms with Crippen LogP contribution in [-0.2, 0) is 4.74 Å². The number of benzene rings is 2. The van der Waals surface area contributed by atoms with Crippen LogP contribution in [0.2, 0.25) is 0 Å². The molecular weight excluding hydrogens is 326 g/mol. The number of aromatic amines is 1. The minimum absolute atomic E-state index is 0.0758. The van der Waals surface area contributed by atoms with Crippen molar-refractivity contribution in [2.45, 2.75) is 5.92 Å². The van der Waals surface area contributed by atoms with Crippen LogP contribution in [0.3, 0.4) is 0 Å². The Bertz CT molecular complexity index is 886. The fourth-order valence-electron chi connectivity index (χ4n) is 3.33. The average molecular weight is 345 g/mol. The fraction of sp³-hybridized carbons (Fsp3) is 0.143. The highest BCUT2D eigenvalue weighted by molar-refractivity contribution is 5.79. The molecule has 0 spiro atoms. The van der Waals surface area contributed by atoms with Crippen LogP contribution in [0.5, 0.6) is 0 Å². The summed E-state index contributed by atoms with van der Waals surface area (Å²) in [5.74, 6) is 0.825. The predicted molar refractivity (Wildman–Crippen MR) is 101 cm³/mol. The number of alkyl carbamates (subject to hydrolysis) is 1. The van der Waals surface area contributed by atoms with E-state index >= 15 is 0 Å². The van der Waals surface area contributed by atoms with Gasteiger partial charge in [-0.2, -0.15) is 0 Å². The van der Waals surface area contributed by atoms with Crippen LogP contribution in [0.1, 0.15) is 22.9 Å². The van der Waals surface area contributed by atoms with Gasteiger partial charge in [0.15, 0.2) is 0 Å². The first-order valence-corrected chi connectivity index (χ1v) is 8.57. The smallest absolute Gasteiger partial charge is 0.407 e. The molecule has 3 aromatic rings. The number of H-pyrrole nitrogens is 1. The van der Waals surface area contributed by atoms with Crippen LogP contribution in [-0.4, -0.2) is 29.2 Å². The molecular formula is C21H19N3O2. The van der Waals surface area contributed by atoms with Gasteiger partial charge in [0.1, 0.15) is 12.4 Å². The number of rotatable bonds is 5. The second-order valence-electron chi connectivity index (χ2n) is 6.08. The number of imidazole rings is 1. The third-order valence-corrected chi connectivity index (χ3v) is 4.50. The summed E-state index contributed by atoms with van der Waals surface area (Å²) < 4.78 is 5.47. The molecule has 1 aliphatic carbocycles. The highest BCUT2D eigenvalue weighted by Crippen LogP contribution is 2.44. The maximum absolute atomic E-state index is 12.0. The van der Waals surface area contributed by atoms with E-state index in [1.54, 1.807) is 12.4 Å². The minimum Gasteiger partial charge on any atom is -0.449 e. The molecule has 2 N–H and O–H groups in total. The third kappa shape index (κ3) is 3.24. The Balaban J connectivity index is 1.36. The zero-order chi connectivity index (χ0) is 17.8. The second kappa shape index (κ2) is 7.27. The molecule has 0 fully saturated rings. The largest absolute Gasteiger partial charge is 0.449 e. The number of carbonyl (C=O) groups is 1. The van der Waals surface area contributed by atoms with Gasteiger partial charge in [-0.3, -0.25) is 0 Å². The number of nitrogens with zero attached hydrogens (tertiary/aromatic N) is 1. The van der Waals surface area contributed by atoms with E-state index in [1.807, 2.05) is 36.4 Å². The molecule has 0 aliphatic heterocycles. The predicted octanol–water partition coefficient (Wildman–Crippen LogP) is 3.96. The molecule has 2 aromatic carbocycles. The topological polar surface area (TPSA) is 67.0 Å². The van der Waals surface area contributed by atoms with Crippen molar-refractivity contribution in [3.05, 3.63) is 84.0 Å². The Morgan fingerprint density at radius 2 is 1.81 bits per heavy atom. The molecule has 130 valence electrons. The lowest BCUT2D eigenvalue weighted by atomic mass is 9.98. The number of hydrogen-bond donors (Lipinski definition) is 2. The van der Waals surface area contributed by atoms with E-state index in [-0.39, 0.29) is 5.92 Å². The van der Waals surface area contributed by atoms with Crippen molar-refractivity contribution in [1.29, 1.82) is 0 Å². The van der Waals surface area contributed by atoms with E-state index in [1.165, 1.54) is 22.3 Å². The molecule has 5 heteroatoms. The fourth-order valence-corrected chi connectivity index (χ4v) is 3.33. The van der Waals surface area contributed by atoms with Crippen molar-refractivity contribution in [2.24, 2.45) is 0 Å². The number of amides is 1. The van der Waals surface area contributed by atoms with Gasteiger partial charge < -0.3 is 15.0 Å². The zero-order valence-corrected chi connectivity index (χ0v) is 14.2. The Morgan fingerprint density at radius 3 is 2.46 bits per heavy atom. The lowest BCUT2D eigenvalue weighted by Gasteiger charge is -2.14. The Hall–Kier alpha value is -3.34. The number of hydrogen-bond acceptors (Lipinski definition) is 3. The van der Waals surface area contributed by atoms with Gasteiger partial charge >= 0.3 is 6.09 Å². The molecule has 1 amide bonds. The van der Waals surface area contributed by atoms with E-state index in [0.717, 1.165) is 5.82 Å². The Kier molecular flexibility index (Phi) is 4.51. The molecule has 26 heavy (non-hydrogen) atoms. The van der Waals surface area contributed by atoms with Crippen LogP contribution in [0, 0.1) is 0 Å². The lowest BCUT2D eigenvalue weighted by Crippen LogP contribution is -2.26. The van der Waals surface area contributed by atoms with Gasteiger partial charge in [-0.15, -0.1) is 0 Å². The summed E-state index contributed by atoms with van der Waals surface area (Å²) in [5.41, 5.74) is 4.86. The van der Waals surface area contributed by atoms with Crippen LogP contribution < -0.4 is 5.32 Å². The van der Waals surface area contributed by atoms with Crippen molar-refractivity contribution in [3.63, 3.8) is 0 Å². The van der Waals surface area contributed by atoms with Crippen molar-refractivity contribution < 1.29 is 9.53 Å². The number of aromatic nitrogens is 2. The van der Waals surface area contributed by atoms with Gasteiger partial charge in [0.05, 0.1) is 0 Å². The van der Waals surface area contributed by atoms with Crippen molar-refractivity contribution in [2.75, 3.05) is 13.2 Å². The van der Waals surface area contributed by atoms with E-state index < -0.39 is 6.09 Å². The molecule has 1 aliphatic rings. The summed E-state index contributed by atoms with van der Waals surface area (Å²) in [6.45, 7) is 0.707. The van der Waals surface area contributed by atoms with Gasteiger partial charge in [-0.1, -0.05) is 54.6 Å². The lowest BCUT2D eigenvalue weighted by molar-refractivity contribution is 0.144. The van der Waals surface area contributed by atoms with Crippen LogP contribution in [0.25, 0.3) is 17.2 Å². The zero-order valence-electron chi connectivity index (χ0n) is 14.2. The molecule has 0 unspecified atom stereocenters. The maximum Gasteiger partial charge on any atom is 0.407 e. The Morgan fingerprint density at radius 1 is 1.12 bits per heavy atom. The number of fused-ring (bicyclic) bond motifs is 3. The molecule has 1 heterocycles. The highest BCUT2D eigenvalue weighted by atomic mass is 16.5. The van der Waals surface area contributed by atoms with Gasteiger partial charge in [0.2, 0.25) is 0 Å². The monoisotopic (exact) mass is 345 g/mol. The second-order valence-corrected chi connectivity index (χ2v) is 6.08. The van der Waals surface area contributed by atoms with Gasteiger partial charge in [-0.05, 0) is 28.3 Å². The van der Waals surface area contributed by atoms with E-state index in [9.17, 15) is 4.79 Å². The van der Waals surface area contributed by atoms with E-state index in [2.05, 4.69) is 39.6 Å². The summed E-state index contributed by atoms with van der Waals surface area (Å²) in [7, 11) is 0. The molecule has 0 saturated heterocycles. The average Bonchev–Trinajstić information content (AvgIpc) is 3.30. The molecule has 0 radical (unpaired) electrons. The number of nitrogens with one attached hydrogen (secondary N) is 2. The first kappa shape index (κ1) is 16.1. The maximum atomic E-state index is 12.0. The molecule has 0 bridgehead atoms. The van der Waals surface area contributed by atoms with Gasteiger partial charge in [0, 0.05) is 24.9 Å². The third-order valence-electron chi connectivity index (χ3n) is 4.50. The van der Waals surface area contributed by atoms with Crippen LogP contribution >= 0.6 is 0 Å². The van der Waals surface area contributed by atoms with Crippen LogP contribution in [0.4, 0.5) is 4.79 Å². The SMILES string of the molecule is O=C(NCC=Cc1ncc[nH]1)OCC1c2ccccc2-c2ccccc21.